The Morgan fingerprint density at radius 3 is 2.14 bits per heavy atom. The van der Waals surface area contributed by atoms with E-state index in [9.17, 15) is 14.7 Å². The number of fused-ring (bicyclic) bond motifs is 4. The molecule has 6 rings (SSSR count). The molecule has 1 aromatic carbocycles. The normalized spacial score (nSPS) is 36.9. The Morgan fingerprint density at radius 1 is 0.806 bits per heavy atom. The van der Waals surface area contributed by atoms with Crippen LogP contribution in [-0.4, -0.2) is 70.1 Å². The van der Waals surface area contributed by atoms with Gasteiger partial charge in [-0.3, -0.25) is 19.4 Å². The number of anilines is 1. The van der Waals surface area contributed by atoms with Crippen molar-refractivity contribution < 1.29 is 14.7 Å². The zero-order valence-corrected chi connectivity index (χ0v) is 21.6. The number of carbonyl (C=O) groups is 2. The Bertz CT molecular complexity index is 913. The molecule has 2 aliphatic carbocycles. The third kappa shape index (κ3) is 4.83. The van der Waals surface area contributed by atoms with Gasteiger partial charge in [0, 0.05) is 29.9 Å². The highest BCUT2D eigenvalue weighted by Gasteiger charge is 2.47. The van der Waals surface area contributed by atoms with Crippen LogP contribution in [0.15, 0.2) is 30.3 Å². The number of para-hydroxylation sites is 1. The number of piperidine rings is 2. The van der Waals surface area contributed by atoms with Crippen molar-refractivity contribution in [1.29, 1.82) is 0 Å². The van der Waals surface area contributed by atoms with Crippen LogP contribution in [0.3, 0.4) is 0 Å². The van der Waals surface area contributed by atoms with Gasteiger partial charge in [-0.25, -0.2) is 0 Å². The number of nitrogens with zero attached hydrogens (tertiary/aromatic N) is 3. The summed E-state index contributed by atoms with van der Waals surface area (Å²) in [7, 11) is 0. The average Bonchev–Trinajstić information content (AvgIpc) is 3.32. The van der Waals surface area contributed by atoms with E-state index in [0.717, 1.165) is 42.8 Å². The number of aliphatic carboxylic acids is 1. The summed E-state index contributed by atoms with van der Waals surface area (Å²) in [6, 6.07) is 11.7. The average molecular weight is 494 g/mol. The van der Waals surface area contributed by atoms with Crippen molar-refractivity contribution in [3.05, 3.63) is 30.3 Å². The van der Waals surface area contributed by atoms with Gasteiger partial charge in [0.15, 0.2) is 0 Å². The minimum absolute atomic E-state index is 0.0677. The van der Waals surface area contributed by atoms with E-state index < -0.39 is 12.0 Å². The van der Waals surface area contributed by atoms with E-state index in [2.05, 4.69) is 21.9 Å². The molecule has 0 aromatic heterocycles. The summed E-state index contributed by atoms with van der Waals surface area (Å²) in [5.74, 6) is 1.14. The first-order chi connectivity index (χ1) is 17.6. The monoisotopic (exact) mass is 493 g/mol. The second kappa shape index (κ2) is 10.4. The van der Waals surface area contributed by atoms with Crippen molar-refractivity contribution in [2.24, 2.45) is 11.8 Å². The number of carboxylic acid groups (broad SMARTS) is 1. The van der Waals surface area contributed by atoms with Crippen molar-refractivity contribution >= 4 is 17.6 Å². The van der Waals surface area contributed by atoms with Crippen LogP contribution < -0.4 is 4.90 Å². The summed E-state index contributed by atoms with van der Waals surface area (Å²) < 4.78 is 0. The minimum atomic E-state index is -0.799. The first-order valence-corrected chi connectivity index (χ1v) is 14.7. The van der Waals surface area contributed by atoms with Crippen molar-refractivity contribution in [2.75, 3.05) is 18.0 Å². The van der Waals surface area contributed by atoms with Crippen molar-refractivity contribution in [3.8, 4) is 0 Å². The molecule has 0 radical (unpaired) electrons. The van der Waals surface area contributed by atoms with Gasteiger partial charge < -0.3 is 10.0 Å². The van der Waals surface area contributed by atoms with Crippen molar-refractivity contribution in [3.63, 3.8) is 0 Å². The number of rotatable bonds is 6. The van der Waals surface area contributed by atoms with Gasteiger partial charge in [-0.15, -0.1) is 0 Å². The lowest BCUT2D eigenvalue weighted by molar-refractivity contribution is -0.142. The summed E-state index contributed by atoms with van der Waals surface area (Å²) in [6.45, 7) is 0.895. The van der Waals surface area contributed by atoms with Gasteiger partial charge in [0.1, 0.15) is 6.04 Å². The van der Waals surface area contributed by atoms with Crippen LogP contribution in [0, 0.1) is 11.8 Å². The van der Waals surface area contributed by atoms with Crippen LogP contribution in [-0.2, 0) is 9.59 Å². The Labute approximate surface area is 216 Å². The molecule has 2 saturated carbocycles. The summed E-state index contributed by atoms with van der Waals surface area (Å²) in [5, 5.41) is 9.65. The largest absolute Gasteiger partial charge is 0.480 e. The highest BCUT2D eigenvalue weighted by atomic mass is 16.4. The molecule has 5 fully saturated rings. The van der Waals surface area contributed by atoms with Gasteiger partial charge in [-0.1, -0.05) is 43.9 Å². The van der Waals surface area contributed by atoms with Gasteiger partial charge in [0.2, 0.25) is 5.91 Å². The molecule has 1 aromatic rings. The Hall–Kier alpha value is -1.92. The molecule has 196 valence electrons. The molecule has 6 nitrogen and oxygen atoms in total. The Morgan fingerprint density at radius 2 is 1.47 bits per heavy atom. The highest BCUT2D eigenvalue weighted by molar-refractivity contribution is 5.95. The standard InChI is InChI=1S/C30H43N3O3/c34-29(20-31-14-6-13-28(31)30(35)36)33(23-9-2-1-3-10-23)27-18-24-11-5-12-25(19-27)32(24)26-16-21-7-4-8-22(15-21)17-26/h1-3,9-10,21-22,24-28H,4-8,11-20H2,(H,35,36)/t21-,22+,24-,25+,26+,27+,28?. The third-order valence-corrected chi connectivity index (χ3v) is 10.2. The fourth-order valence-electron chi connectivity index (χ4n) is 8.83. The molecule has 1 N–H and O–H groups in total. The van der Waals surface area contributed by atoms with Crippen LogP contribution in [0.2, 0.25) is 0 Å². The SMILES string of the molecule is O=C(O)C1CCCN1CC(=O)N(c1ccccc1)[C@H]1C[C@H]2CCC[C@@H](C1)N2[C@H]1C[C@@H]2CCC[C@@H](C2)C1. The summed E-state index contributed by atoms with van der Waals surface area (Å²) in [5.41, 5.74) is 0.970. The molecule has 36 heavy (non-hydrogen) atoms. The molecule has 5 aliphatic rings. The van der Waals surface area contributed by atoms with Crippen LogP contribution in [0.25, 0.3) is 0 Å². The maximum Gasteiger partial charge on any atom is 0.320 e. The Balaban J connectivity index is 1.22. The zero-order valence-electron chi connectivity index (χ0n) is 21.6. The third-order valence-electron chi connectivity index (χ3n) is 10.2. The predicted molar refractivity (Wildman–Crippen MR) is 141 cm³/mol. The first-order valence-electron chi connectivity index (χ1n) is 14.7. The molecule has 7 atom stereocenters. The van der Waals surface area contributed by atoms with Crippen LogP contribution in [0.4, 0.5) is 5.69 Å². The number of carbonyl (C=O) groups excluding carboxylic acids is 1. The van der Waals surface area contributed by atoms with Gasteiger partial charge in [-0.2, -0.15) is 0 Å². The summed E-state index contributed by atoms with van der Waals surface area (Å²) in [6.07, 6.45) is 15.9. The molecular weight excluding hydrogens is 450 g/mol. The topological polar surface area (TPSA) is 64.1 Å². The molecule has 1 unspecified atom stereocenters. The number of carboxylic acids is 1. The van der Waals surface area contributed by atoms with E-state index in [4.69, 9.17) is 0 Å². The number of amides is 1. The van der Waals surface area contributed by atoms with Gasteiger partial charge >= 0.3 is 5.97 Å². The molecule has 3 heterocycles. The first kappa shape index (κ1) is 24.4. The van der Waals surface area contributed by atoms with Gasteiger partial charge in [-0.05, 0) is 88.3 Å². The fraction of sp³-hybridized carbons (Fsp3) is 0.733. The zero-order chi connectivity index (χ0) is 24.6. The molecule has 6 heteroatoms. The molecule has 0 spiro atoms. The quantitative estimate of drug-likeness (QED) is 0.609. The molecule has 3 saturated heterocycles. The smallest absolute Gasteiger partial charge is 0.320 e. The lowest BCUT2D eigenvalue weighted by Crippen LogP contribution is -2.62. The maximum atomic E-state index is 13.9. The molecule has 4 bridgehead atoms. The molecule has 1 amide bonds. The van der Waals surface area contributed by atoms with E-state index >= 15 is 0 Å². The van der Waals surface area contributed by atoms with E-state index in [1.165, 1.54) is 57.8 Å². The summed E-state index contributed by atoms with van der Waals surface area (Å²) in [4.78, 5) is 32.5. The van der Waals surface area contributed by atoms with E-state index in [-0.39, 0.29) is 18.5 Å². The van der Waals surface area contributed by atoms with E-state index in [1.807, 2.05) is 23.1 Å². The van der Waals surface area contributed by atoms with Gasteiger partial charge in [0.05, 0.1) is 6.54 Å². The maximum absolute atomic E-state index is 13.9. The van der Waals surface area contributed by atoms with Gasteiger partial charge in [0.25, 0.3) is 0 Å². The van der Waals surface area contributed by atoms with Crippen LogP contribution >= 0.6 is 0 Å². The number of hydrogen-bond acceptors (Lipinski definition) is 4. The van der Waals surface area contributed by atoms with Crippen LogP contribution in [0.1, 0.15) is 83.5 Å². The second-order valence-corrected chi connectivity index (χ2v) is 12.4. The minimum Gasteiger partial charge on any atom is -0.480 e. The van der Waals surface area contributed by atoms with Crippen molar-refractivity contribution in [2.45, 2.75) is 114 Å². The van der Waals surface area contributed by atoms with Crippen LogP contribution in [0.5, 0.6) is 0 Å². The summed E-state index contributed by atoms with van der Waals surface area (Å²) >= 11 is 0. The van der Waals surface area contributed by atoms with E-state index in [0.29, 0.717) is 25.0 Å². The highest BCUT2D eigenvalue weighted by Crippen LogP contribution is 2.46. The number of likely N-dealkylation sites (tertiary alicyclic amines) is 1. The Kier molecular flexibility index (Phi) is 7.09. The lowest BCUT2D eigenvalue weighted by Gasteiger charge is -2.56. The van der Waals surface area contributed by atoms with E-state index in [1.54, 1.807) is 0 Å². The predicted octanol–water partition coefficient (Wildman–Crippen LogP) is 4.92. The van der Waals surface area contributed by atoms with Crippen molar-refractivity contribution in [1.82, 2.24) is 9.80 Å². The lowest BCUT2D eigenvalue weighted by atomic mass is 9.68. The molecular formula is C30H43N3O3. The number of benzene rings is 1. The fourth-order valence-corrected chi connectivity index (χ4v) is 8.83. The molecule has 3 aliphatic heterocycles. The number of hydrogen-bond donors (Lipinski definition) is 1. The second-order valence-electron chi connectivity index (χ2n) is 12.4.